The minimum absolute atomic E-state index is 0.778. The predicted octanol–water partition coefficient (Wildman–Crippen LogP) is 3.05. The third-order valence-corrected chi connectivity index (χ3v) is 2.16. The van der Waals surface area contributed by atoms with Gasteiger partial charge in [0.25, 0.3) is 0 Å². The first-order valence-electron chi connectivity index (χ1n) is 3.84. The number of rotatable bonds is 1. The summed E-state index contributed by atoms with van der Waals surface area (Å²) in [6.07, 6.45) is 4.74. The molecule has 0 aliphatic carbocycles. The third-order valence-electron chi connectivity index (χ3n) is 1.83. The quantitative estimate of drug-likeness (QED) is 0.625. The van der Waals surface area contributed by atoms with Gasteiger partial charge in [-0.2, -0.15) is 0 Å². The molecule has 2 heteroatoms. The predicted molar refractivity (Wildman–Crippen MR) is 51.7 cm³/mol. The summed E-state index contributed by atoms with van der Waals surface area (Å²) < 4.78 is 0. The van der Waals surface area contributed by atoms with Crippen molar-refractivity contribution < 1.29 is 0 Å². The molecule has 12 heavy (non-hydrogen) atoms. The van der Waals surface area contributed by atoms with Crippen molar-refractivity contribution in [1.29, 1.82) is 0 Å². The fourth-order valence-electron chi connectivity index (χ4n) is 1.23. The molecule has 0 unspecified atom stereocenters. The van der Waals surface area contributed by atoms with Crippen LogP contribution in [-0.4, -0.2) is 5.71 Å². The topological polar surface area (TPSA) is 12.4 Å². The van der Waals surface area contributed by atoms with Gasteiger partial charge in [-0.25, -0.2) is 0 Å². The van der Waals surface area contributed by atoms with Crippen LogP contribution in [0.1, 0.15) is 12.0 Å². The normalized spacial score (nSPS) is 14.9. The maximum absolute atomic E-state index is 6.00. The SMILES string of the molecule is Clc1ccccc1C1=NC=CC1. The van der Waals surface area contributed by atoms with E-state index in [9.17, 15) is 0 Å². The minimum atomic E-state index is 0.778. The van der Waals surface area contributed by atoms with Gasteiger partial charge in [-0.1, -0.05) is 35.9 Å². The molecule has 60 valence electrons. The Hall–Kier alpha value is -1.08. The summed E-state index contributed by atoms with van der Waals surface area (Å²) >= 11 is 6.00. The first-order chi connectivity index (χ1) is 5.88. The average Bonchev–Trinajstić information content (AvgIpc) is 2.57. The molecule has 1 heterocycles. The summed E-state index contributed by atoms with van der Waals surface area (Å²) in [6.45, 7) is 0. The van der Waals surface area contributed by atoms with Crippen molar-refractivity contribution >= 4 is 17.3 Å². The van der Waals surface area contributed by atoms with E-state index in [-0.39, 0.29) is 0 Å². The Kier molecular flexibility index (Phi) is 1.96. The van der Waals surface area contributed by atoms with Crippen molar-refractivity contribution in [1.82, 2.24) is 0 Å². The lowest BCUT2D eigenvalue weighted by Gasteiger charge is -2.01. The van der Waals surface area contributed by atoms with Gasteiger partial charge in [0.05, 0.1) is 5.71 Å². The summed E-state index contributed by atoms with van der Waals surface area (Å²) in [6, 6.07) is 7.78. The Morgan fingerprint density at radius 3 is 2.75 bits per heavy atom. The first-order valence-corrected chi connectivity index (χ1v) is 4.22. The molecule has 0 N–H and O–H groups in total. The molecule has 2 rings (SSSR count). The standard InChI is InChI=1S/C10H8ClN/c11-9-5-2-1-4-8(9)10-6-3-7-12-10/h1-5,7H,6H2. The van der Waals surface area contributed by atoms with Gasteiger partial charge < -0.3 is 0 Å². The van der Waals surface area contributed by atoms with E-state index in [1.165, 1.54) is 0 Å². The van der Waals surface area contributed by atoms with Gasteiger partial charge in [-0.05, 0) is 6.07 Å². The molecule has 1 aromatic rings. The lowest BCUT2D eigenvalue weighted by molar-refractivity contribution is 1.49. The first kappa shape index (κ1) is 7.56. The summed E-state index contributed by atoms with van der Waals surface area (Å²) in [7, 11) is 0. The monoisotopic (exact) mass is 177 g/mol. The second-order valence-electron chi connectivity index (χ2n) is 2.64. The van der Waals surface area contributed by atoms with Gasteiger partial charge in [0, 0.05) is 23.2 Å². The van der Waals surface area contributed by atoms with Gasteiger partial charge in [-0.15, -0.1) is 0 Å². The van der Waals surface area contributed by atoms with E-state index in [1.807, 2.05) is 36.5 Å². The van der Waals surface area contributed by atoms with Crippen LogP contribution in [-0.2, 0) is 0 Å². The van der Waals surface area contributed by atoms with Crippen molar-refractivity contribution in [2.75, 3.05) is 0 Å². The maximum atomic E-state index is 6.00. The summed E-state index contributed by atoms with van der Waals surface area (Å²) in [5.41, 5.74) is 2.10. The fraction of sp³-hybridized carbons (Fsp3) is 0.100. The Morgan fingerprint density at radius 2 is 2.08 bits per heavy atom. The highest BCUT2D eigenvalue weighted by atomic mass is 35.5. The highest BCUT2D eigenvalue weighted by Crippen LogP contribution is 2.19. The van der Waals surface area contributed by atoms with E-state index in [0.29, 0.717) is 0 Å². The molecule has 1 aliphatic heterocycles. The molecule has 0 bridgehead atoms. The summed E-state index contributed by atoms with van der Waals surface area (Å²) in [5, 5.41) is 0.778. The number of allylic oxidation sites excluding steroid dienone is 1. The molecule has 0 saturated carbocycles. The van der Waals surface area contributed by atoms with E-state index in [2.05, 4.69) is 4.99 Å². The second kappa shape index (κ2) is 3.11. The molecule has 1 nitrogen and oxygen atoms in total. The molecule has 0 atom stereocenters. The average molecular weight is 178 g/mol. The second-order valence-corrected chi connectivity index (χ2v) is 3.05. The van der Waals surface area contributed by atoms with E-state index in [0.717, 1.165) is 22.7 Å². The van der Waals surface area contributed by atoms with E-state index in [4.69, 9.17) is 11.6 Å². The van der Waals surface area contributed by atoms with Crippen molar-refractivity contribution in [2.45, 2.75) is 6.42 Å². The van der Waals surface area contributed by atoms with Crippen LogP contribution in [0.4, 0.5) is 0 Å². The number of aliphatic imine (C=N–C) groups is 1. The van der Waals surface area contributed by atoms with Crippen LogP contribution in [0.25, 0.3) is 0 Å². The van der Waals surface area contributed by atoms with Crippen LogP contribution >= 0.6 is 11.6 Å². The molecule has 0 aromatic heterocycles. The van der Waals surface area contributed by atoms with E-state index >= 15 is 0 Å². The van der Waals surface area contributed by atoms with Crippen LogP contribution < -0.4 is 0 Å². The van der Waals surface area contributed by atoms with Crippen molar-refractivity contribution in [3.63, 3.8) is 0 Å². The largest absolute Gasteiger partial charge is 0.261 e. The van der Waals surface area contributed by atoms with Gasteiger partial charge in [-0.3, -0.25) is 4.99 Å². The molecule has 0 spiro atoms. The van der Waals surface area contributed by atoms with Crippen molar-refractivity contribution in [3.05, 3.63) is 47.1 Å². The van der Waals surface area contributed by atoms with Crippen LogP contribution in [0.15, 0.2) is 41.5 Å². The Bertz CT molecular complexity index is 353. The van der Waals surface area contributed by atoms with Crippen molar-refractivity contribution in [2.24, 2.45) is 4.99 Å². The molecule has 0 amide bonds. The number of hydrogen-bond donors (Lipinski definition) is 0. The van der Waals surface area contributed by atoms with Gasteiger partial charge in [0.2, 0.25) is 0 Å². The molecular formula is C10H8ClN. The van der Waals surface area contributed by atoms with Crippen LogP contribution in [0.5, 0.6) is 0 Å². The number of halogens is 1. The van der Waals surface area contributed by atoms with Crippen LogP contribution in [0.3, 0.4) is 0 Å². The van der Waals surface area contributed by atoms with Gasteiger partial charge >= 0.3 is 0 Å². The number of nitrogens with zero attached hydrogens (tertiary/aromatic N) is 1. The minimum Gasteiger partial charge on any atom is -0.261 e. The summed E-state index contributed by atoms with van der Waals surface area (Å²) in [5.74, 6) is 0. The lowest BCUT2D eigenvalue weighted by Crippen LogP contribution is -1.96. The van der Waals surface area contributed by atoms with Gasteiger partial charge in [0.1, 0.15) is 0 Å². The molecule has 0 radical (unpaired) electrons. The third kappa shape index (κ3) is 1.28. The van der Waals surface area contributed by atoms with Crippen LogP contribution in [0, 0.1) is 0 Å². The Morgan fingerprint density at radius 1 is 1.25 bits per heavy atom. The number of benzene rings is 1. The Balaban J connectivity index is 2.40. The molecule has 0 fully saturated rings. The zero-order valence-electron chi connectivity index (χ0n) is 6.50. The lowest BCUT2D eigenvalue weighted by atomic mass is 10.1. The van der Waals surface area contributed by atoms with E-state index < -0.39 is 0 Å². The zero-order chi connectivity index (χ0) is 8.39. The molecule has 1 aliphatic rings. The van der Waals surface area contributed by atoms with E-state index in [1.54, 1.807) is 0 Å². The Labute approximate surface area is 76.4 Å². The molecule has 1 aromatic carbocycles. The zero-order valence-corrected chi connectivity index (χ0v) is 7.25. The number of hydrogen-bond acceptors (Lipinski definition) is 1. The smallest absolute Gasteiger partial charge is 0.0528 e. The highest BCUT2D eigenvalue weighted by molar-refractivity contribution is 6.34. The van der Waals surface area contributed by atoms with Crippen LogP contribution in [0.2, 0.25) is 5.02 Å². The molecule has 0 saturated heterocycles. The molecular weight excluding hydrogens is 170 g/mol. The summed E-state index contributed by atoms with van der Waals surface area (Å²) in [4.78, 5) is 4.22. The van der Waals surface area contributed by atoms with Crippen molar-refractivity contribution in [3.8, 4) is 0 Å². The maximum Gasteiger partial charge on any atom is 0.0528 e. The highest BCUT2D eigenvalue weighted by Gasteiger charge is 2.07. The fourth-order valence-corrected chi connectivity index (χ4v) is 1.48. The van der Waals surface area contributed by atoms with Gasteiger partial charge in [0.15, 0.2) is 0 Å².